The molecule has 2 heterocycles. The van der Waals surface area contributed by atoms with Crippen molar-refractivity contribution < 1.29 is 17.9 Å². The van der Waals surface area contributed by atoms with Crippen molar-refractivity contribution in [1.29, 1.82) is 0 Å². The molecule has 6 nitrogen and oxygen atoms in total. The first kappa shape index (κ1) is 17.5. The van der Waals surface area contributed by atoms with Crippen LogP contribution in [-0.4, -0.2) is 61.7 Å². The highest BCUT2D eigenvalue weighted by Gasteiger charge is 2.33. The minimum absolute atomic E-state index is 0.147. The molecule has 1 N–H and O–H groups in total. The minimum atomic E-state index is -2.82. The molecule has 128 valence electrons. The molecule has 0 saturated carbocycles. The van der Waals surface area contributed by atoms with E-state index in [-0.39, 0.29) is 29.7 Å². The molecular weight excluding hydrogens is 304 g/mol. The molecule has 0 bridgehead atoms. The summed E-state index contributed by atoms with van der Waals surface area (Å²) in [5, 5.41) is 3.44. The molecule has 1 amide bonds. The number of likely N-dealkylation sites (tertiary alicyclic amines) is 1. The van der Waals surface area contributed by atoms with Gasteiger partial charge < -0.3 is 15.0 Å². The topological polar surface area (TPSA) is 75.7 Å². The number of sulfone groups is 1. The van der Waals surface area contributed by atoms with E-state index in [2.05, 4.69) is 5.32 Å². The first-order valence-electron chi connectivity index (χ1n) is 8.10. The zero-order valence-electron chi connectivity index (χ0n) is 13.8. The van der Waals surface area contributed by atoms with Gasteiger partial charge in [-0.1, -0.05) is 0 Å². The maximum absolute atomic E-state index is 12.2. The van der Waals surface area contributed by atoms with E-state index in [1.807, 2.05) is 20.8 Å². The average molecular weight is 332 g/mol. The second kappa shape index (κ2) is 6.74. The quantitative estimate of drug-likeness (QED) is 0.849. The molecule has 2 rings (SSSR count). The van der Waals surface area contributed by atoms with E-state index in [1.165, 1.54) is 0 Å². The molecule has 0 spiro atoms. The number of nitrogens with one attached hydrogen (secondary N) is 1. The van der Waals surface area contributed by atoms with Crippen LogP contribution in [0.4, 0.5) is 4.79 Å². The Kier molecular flexibility index (Phi) is 5.37. The highest BCUT2D eigenvalue weighted by Crippen LogP contribution is 2.21. The van der Waals surface area contributed by atoms with Gasteiger partial charge in [0.2, 0.25) is 0 Å². The van der Waals surface area contributed by atoms with Gasteiger partial charge in [-0.05, 0) is 46.5 Å². The molecule has 1 unspecified atom stereocenters. The number of carbonyl (C=O) groups excluding carboxylic acids is 1. The Labute approximate surface area is 133 Å². The number of amides is 1. The highest BCUT2D eigenvalue weighted by molar-refractivity contribution is 7.91. The lowest BCUT2D eigenvalue weighted by Crippen LogP contribution is -2.47. The van der Waals surface area contributed by atoms with Crippen LogP contribution in [-0.2, 0) is 14.6 Å². The molecule has 2 aliphatic rings. The molecular formula is C15H28N2O4S. The number of rotatable bonds is 3. The van der Waals surface area contributed by atoms with Crippen molar-refractivity contribution in [3.05, 3.63) is 0 Å². The van der Waals surface area contributed by atoms with Crippen molar-refractivity contribution in [2.75, 3.05) is 24.6 Å². The van der Waals surface area contributed by atoms with Crippen LogP contribution in [0.3, 0.4) is 0 Å². The number of nitrogens with zero attached hydrogens (tertiary/aromatic N) is 1. The van der Waals surface area contributed by atoms with Gasteiger partial charge in [-0.2, -0.15) is 0 Å². The first-order chi connectivity index (χ1) is 10.2. The zero-order chi connectivity index (χ0) is 16.4. The molecule has 22 heavy (non-hydrogen) atoms. The van der Waals surface area contributed by atoms with Crippen molar-refractivity contribution in [2.24, 2.45) is 0 Å². The number of hydrogen-bond donors (Lipinski definition) is 1. The SMILES string of the molecule is CC(C)(C)OC(=O)N1CCCC1CNC1CCS(=O)(=O)CC1. The Morgan fingerprint density at radius 2 is 1.86 bits per heavy atom. The fourth-order valence-electron chi connectivity index (χ4n) is 3.01. The van der Waals surface area contributed by atoms with E-state index in [1.54, 1.807) is 4.90 Å². The van der Waals surface area contributed by atoms with Gasteiger partial charge in [0.1, 0.15) is 15.4 Å². The second-order valence-electron chi connectivity index (χ2n) is 7.30. The van der Waals surface area contributed by atoms with Crippen LogP contribution in [0, 0.1) is 0 Å². The van der Waals surface area contributed by atoms with E-state index in [9.17, 15) is 13.2 Å². The normalized spacial score (nSPS) is 26.1. The van der Waals surface area contributed by atoms with Gasteiger partial charge in [0.25, 0.3) is 0 Å². The molecule has 0 aliphatic carbocycles. The number of hydrogen-bond acceptors (Lipinski definition) is 5. The van der Waals surface area contributed by atoms with Crippen molar-refractivity contribution >= 4 is 15.9 Å². The Morgan fingerprint density at radius 3 is 2.45 bits per heavy atom. The maximum Gasteiger partial charge on any atom is 0.410 e. The third-order valence-corrected chi connectivity index (χ3v) is 5.92. The maximum atomic E-state index is 12.2. The van der Waals surface area contributed by atoms with Gasteiger partial charge in [0.15, 0.2) is 0 Å². The summed E-state index contributed by atoms with van der Waals surface area (Å²) in [7, 11) is -2.82. The van der Waals surface area contributed by atoms with Crippen molar-refractivity contribution in [3.63, 3.8) is 0 Å². The minimum Gasteiger partial charge on any atom is -0.444 e. The van der Waals surface area contributed by atoms with Crippen molar-refractivity contribution in [1.82, 2.24) is 10.2 Å². The molecule has 1 atom stereocenters. The van der Waals surface area contributed by atoms with Gasteiger partial charge in [-0.3, -0.25) is 0 Å². The molecule has 2 aliphatic heterocycles. The fraction of sp³-hybridized carbons (Fsp3) is 0.933. The third-order valence-electron chi connectivity index (χ3n) is 4.20. The fourth-order valence-corrected chi connectivity index (χ4v) is 4.50. The Morgan fingerprint density at radius 1 is 1.23 bits per heavy atom. The van der Waals surface area contributed by atoms with E-state index >= 15 is 0 Å². The Balaban J connectivity index is 1.80. The highest BCUT2D eigenvalue weighted by atomic mass is 32.2. The lowest BCUT2D eigenvalue weighted by Gasteiger charge is -2.30. The van der Waals surface area contributed by atoms with Crippen LogP contribution < -0.4 is 5.32 Å². The lowest BCUT2D eigenvalue weighted by molar-refractivity contribution is 0.0224. The Hall–Kier alpha value is -0.820. The predicted octanol–water partition coefficient (Wildman–Crippen LogP) is 1.55. The van der Waals surface area contributed by atoms with Crippen LogP contribution in [0.15, 0.2) is 0 Å². The van der Waals surface area contributed by atoms with Gasteiger partial charge >= 0.3 is 6.09 Å². The summed E-state index contributed by atoms with van der Waals surface area (Å²) in [6.45, 7) is 7.06. The van der Waals surface area contributed by atoms with Gasteiger partial charge in [-0.15, -0.1) is 0 Å². The summed E-state index contributed by atoms with van der Waals surface area (Å²) in [6, 6.07) is 0.387. The van der Waals surface area contributed by atoms with Crippen LogP contribution in [0.25, 0.3) is 0 Å². The second-order valence-corrected chi connectivity index (χ2v) is 9.61. The molecule has 2 saturated heterocycles. The van der Waals surface area contributed by atoms with Crippen LogP contribution >= 0.6 is 0 Å². The van der Waals surface area contributed by atoms with Crippen molar-refractivity contribution in [3.8, 4) is 0 Å². The summed E-state index contributed by atoms with van der Waals surface area (Å²) in [4.78, 5) is 14.0. The number of carbonyl (C=O) groups is 1. The summed E-state index contributed by atoms with van der Waals surface area (Å²) in [5.74, 6) is 0.538. The zero-order valence-corrected chi connectivity index (χ0v) is 14.6. The van der Waals surface area contributed by atoms with E-state index in [4.69, 9.17) is 4.74 Å². The van der Waals surface area contributed by atoms with Crippen LogP contribution in [0.1, 0.15) is 46.5 Å². The van der Waals surface area contributed by atoms with Crippen molar-refractivity contribution in [2.45, 2.75) is 64.1 Å². The predicted molar refractivity (Wildman–Crippen MR) is 85.6 cm³/mol. The molecule has 0 aromatic heterocycles. The van der Waals surface area contributed by atoms with Gasteiger partial charge in [0, 0.05) is 25.2 Å². The molecule has 2 fully saturated rings. The van der Waals surface area contributed by atoms with Crippen LogP contribution in [0.2, 0.25) is 0 Å². The summed E-state index contributed by atoms with van der Waals surface area (Å²) >= 11 is 0. The van der Waals surface area contributed by atoms with Gasteiger partial charge in [0.05, 0.1) is 11.5 Å². The smallest absolute Gasteiger partial charge is 0.410 e. The molecule has 0 aromatic carbocycles. The molecule has 0 aromatic rings. The number of ether oxygens (including phenoxy) is 1. The Bertz CT molecular complexity index is 484. The van der Waals surface area contributed by atoms with E-state index < -0.39 is 15.4 Å². The third kappa shape index (κ3) is 5.12. The van der Waals surface area contributed by atoms with E-state index in [0.717, 1.165) is 19.4 Å². The largest absolute Gasteiger partial charge is 0.444 e. The first-order valence-corrected chi connectivity index (χ1v) is 9.92. The average Bonchev–Trinajstić information content (AvgIpc) is 2.84. The summed E-state index contributed by atoms with van der Waals surface area (Å²) in [6.07, 6.45) is 3.05. The molecule has 7 heteroatoms. The summed E-state index contributed by atoms with van der Waals surface area (Å²) < 4.78 is 28.3. The molecule has 0 radical (unpaired) electrons. The summed E-state index contributed by atoms with van der Waals surface area (Å²) in [5.41, 5.74) is -0.477. The standard InChI is InChI=1S/C15H28N2O4S/c1-15(2,3)21-14(18)17-8-4-5-13(17)11-16-12-6-9-22(19,20)10-7-12/h12-13,16H,4-11H2,1-3H3. The van der Waals surface area contributed by atoms with E-state index in [0.29, 0.717) is 19.4 Å². The monoisotopic (exact) mass is 332 g/mol. The van der Waals surface area contributed by atoms with Gasteiger partial charge in [-0.25, -0.2) is 13.2 Å². The lowest BCUT2D eigenvalue weighted by atomic mass is 10.1. The van der Waals surface area contributed by atoms with Crippen LogP contribution in [0.5, 0.6) is 0 Å².